The lowest BCUT2D eigenvalue weighted by Crippen LogP contribution is -2.35. The second-order valence-electron chi connectivity index (χ2n) is 3.65. The molecule has 1 aromatic heterocycles. The van der Waals surface area contributed by atoms with Gasteiger partial charge in [-0.05, 0) is 18.2 Å². The van der Waals surface area contributed by atoms with Gasteiger partial charge < -0.3 is 9.63 Å². The number of carboxylic acids is 1. The highest BCUT2D eigenvalue weighted by Gasteiger charge is 2.22. The molecule has 0 aliphatic carbocycles. The number of anilines is 1. The monoisotopic (exact) mass is 280 g/mol. The van der Waals surface area contributed by atoms with E-state index in [-0.39, 0.29) is 5.69 Å². The first kappa shape index (κ1) is 13.1. The van der Waals surface area contributed by atoms with E-state index in [1.54, 1.807) is 18.2 Å². The fourth-order valence-corrected chi connectivity index (χ4v) is 1.71. The zero-order valence-corrected chi connectivity index (χ0v) is 10.4. The third-order valence-corrected chi connectivity index (χ3v) is 2.55. The fraction of sp³-hybridized carbons (Fsp3) is 0.0833. The van der Waals surface area contributed by atoms with Crippen LogP contribution >= 0.6 is 11.6 Å². The Morgan fingerprint density at radius 1 is 1.37 bits per heavy atom. The number of aliphatic carboxylic acids is 1. The van der Waals surface area contributed by atoms with Gasteiger partial charge in [0, 0.05) is 16.8 Å². The number of rotatable bonds is 4. The highest BCUT2D eigenvalue weighted by molar-refractivity contribution is 6.31. The normalized spacial score (nSPS) is 10.2. The molecule has 0 fully saturated rings. The van der Waals surface area contributed by atoms with Crippen molar-refractivity contribution in [3.8, 4) is 0 Å². The summed E-state index contributed by atoms with van der Waals surface area (Å²) in [5, 5.41) is 12.8. The lowest BCUT2D eigenvalue weighted by molar-refractivity contribution is -0.135. The summed E-state index contributed by atoms with van der Waals surface area (Å²) in [5.74, 6) is -1.71. The molecule has 0 atom stereocenters. The molecule has 1 N–H and O–H groups in total. The first-order chi connectivity index (χ1) is 9.08. The van der Waals surface area contributed by atoms with Crippen LogP contribution in [0.25, 0.3) is 0 Å². The molecule has 0 saturated carbocycles. The highest BCUT2D eigenvalue weighted by Crippen LogP contribution is 2.21. The molecule has 6 nitrogen and oxygen atoms in total. The third-order valence-electron chi connectivity index (χ3n) is 2.32. The molecule has 0 spiro atoms. The van der Waals surface area contributed by atoms with Crippen LogP contribution in [0.5, 0.6) is 0 Å². The molecule has 0 aliphatic heterocycles. The van der Waals surface area contributed by atoms with E-state index < -0.39 is 18.4 Å². The Kier molecular flexibility index (Phi) is 3.82. The molecule has 19 heavy (non-hydrogen) atoms. The van der Waals surface area contributed by atoms with E-state index in [0.717, 1.165) is 4.90 Å². The molecule has 0 aliphatic rings. The fourth-order valence-electron chi connectivity index (χ4n) is 1.52. The molecule has 7 heteroatoms. The average Bonchev–Trinajstić information content (AvgIpc) is 2.88. The Hall–Kier alpha value is -2.34. The first-order valence-electron chi connectivity index (χ1n) is 5.27. The summed E-state index contributed by atoms with van der Waals surface area (Å²) in [7, 11) is 0. The predicted octanol–water partition coefficient (Wildman–Crippen LogP) is 2.06. The van der Waals surface area contributed by atoms with Crippen molar-refractivity contribution in [3.05, 3.63) is 47.3 Å². The summed E-state index contributed by atoms with van der Waals surface area (Å²) < 4.78 is 4.58. The highest BCUT2D eigenvalue weighted by atomic mass is 35.5. The van der Waals surface area contributed by atoms with Gasteiger partial charge in [-0.15, -0.1) is 0 Å². The topological polar surface area (TPSA) is 83.6 Å². The number of hydrogen-bond donors (Lipinski definition) is 1. The second-order valence-corrected chi connectivity index (χ2v) is 4.09. The van der Waals surface area contributed by atoms with Crippen molar-refractivity contribution in [2.75, 3.05) is 11.4 Å². The van der Waals surface area contributed by atoms with Gasteiger partial charge in [-0.25, -0.2) is 0 Å². The van der Waals surface area contributed by atoms with Crippen LogP contribution in [0.3, 0.4) is 0 Å². The largest absolute Gasteiger partial charge is 0.480 e. The van der Waals surface area contributed by atoms with Crippen LogP contribution in [0.15, 0.2) is 41.1 Å². The molecule has 0 bridgehead atoms. The van der Waals surface area contributed by atoms with Crippen molar-refractivity contribution in [2.24, 2.45) is 0 Å². The van der Waals surface area contributed by atoms with Crippen LogP contribution in [0.2, 0.25) is 5.02 Å². The molecular formula is C12H9ClN2O4. The number of halogens is 1. The minimum atomic E-state index is -1.14. The van der Waals surface area contributed by atoms with E-state index in [4.69, 9.17) is 16.7 Å². The van der Waals surface area contributed by atoms with E-state index in [0.29, 0.717) is 10.7 Å². The van der Waals surface area contributed by atoms with Crippen LogP contribution in [0.1, 0.15) is 10.5 Å². The average molecular weight is 281 g/mol. The summed E-state index contributed by atoms with van der Waals surface area (Å²) in [4.78, 5) is 24.1. The Bertz CT molecular complexity index is 598. The number of hydrogen-bond acceptors (Lipinski definition) is 4. The van der Waals surface area contributed by atoms with Gasteiger partial charge in [0.1, 0.15) is 12.8 Å². The van der Waals surface area contributed by atoms with Crippen molar-refractivity contribution >= 4 is 29.2 Å². The predicted molar refractivity (Wildman–Crippen MR) is 67.3 cm³/mol. The van der Waals surface area contributed by atoms with Gasteiger partial charge in [-0.3, -0.25) is 14.5 Å². The molecule has 1 amide bonds. The summed E-state index contributed by atoms with van der Waals surface area (Å²) in [6, 6.07) is 7.71. The molecule has 98 valence electrons. The van der Waals surface area contributed by atoms with Crippen LogP contribution in [-0.4, -0.2) is 28.7 Å². The van der Waals surface area contributed by atoms with Crippen LogP contribution in [0, 0.1) is 0 Å². The Morgan fingerprint density at radius 2 is 2.16 bits per heavy atom. The number of carbonyl (C=O) groups is 2. The number of carbonyl (C=O) groups excluding carboxylic acids is 1. The first-order valence-corrected chi connectivity index (χ1v) is 5.65. The Morgan fingerprint density at radius 3 is 2.74 bits per heavy atom. The van der Waals surface area contributed by atoms with E-state index in [1.165, 1.54) is 18.4 Å². The number of carboxylic acid groups (broad SMARTS) is 1. The maximum absolute atomic E-state index is 12.2. The zero-order valence-electron chi connectivity index (χ0n) is 9.62. The second kappa shape index (κ2) is 5.53. The van der Waals surface area contributed by atoms with Gasteiger partial charge in [0.15, 0.2) is 5.69 Å². The number of benzene rings is 1. The minimum absolute atomic E-state index is 0.0289. The summed E-state index contributed by atoms with van der Waals surface area (Å²) in [5.41, 5.74) is 0.407. The van der Waals surface area contributed by atoms with Gasteiger partial charge >= 0.3 is 5.97 Å². The SMILES string of the molecule is O=C(O)CN(C(=O)c1ccon1)c1cccc(Cl)c1. The molecule has 0 saturated heterocycles. The van der Waals surface area contributed by atoms with Crippen molar-refractivity contribution < 1.29 is 19.2 Å². The Balaban J connectivity index is 2.36. The smallest absolute Gasteiger partial charge is 0.323 e. The molecule has 0 unspecified atom stereocenters. The van der Waals surface area contributed by atoms with E-state index in [2.05, 4.69) is 9.68 Å². The van der Waals surface area contributed by atoms with Gasteiger partial charge in [-0.2, -0.15) is 0 Å². The zero-order chi connectivity index (χ0) is 13.8. The lowest BCUT2D eigenvalue weighted by atomic mass is 10.2. The van der Waals surface area contributed by atoms with Gasteiger partial charge in [-0.1, -0.05) is 22.8 Å². The van der Waals surface area contributed by atoms with Gasteiger partial charge in [0.25, 0.3) is 5.91 Å². The van der Waals surface area contributed by atoms with Crippen molar-refractivity contribution in [2.45, 2.75) is 0 Å². The summed E-state index contributed by atoms with van der Waals surface area (Å²) in [6.07, 6.45) is 1.24. The van der Waals surface area contributed by atoms with Gasteiger partial charge in [0.2, 0.25) is 0 Å². The van der Waals surface area contributed by atoms with E-state index in [1.807, 2.05) is 0 Å². The molecule has 1 aromatic carbocycles. The summed E-state index contributed by atoms with van der Waals surface area (Å²) >= 11 is 5.84. The van der Waals surface area contributed by atoms with E-state index >= 15 is 0 Å². The van der Waals surface area contributed by atoms with Crippen molar-refractivity contribution in [1.29, 1.82) is 0 Å². The van der Waals surface area contributed by atoms with Crippen LogP contribution in [-0.2, 0) is 4.79 Å². The van der Waals surface area contributed by atoms with Crippen LogP contribution < -0.4 is 4.90 Å². The summed E-state index contributed by atoms with van der Waals surface area (Å²) in [6.45, 7) is -0.494. The standard InChI is InChI=1S/C12H9ClN2O4/c13-8-2-1-3-9(6-8)15(7-11(16)17)12(18)10-4-5-19-14-10/h1-6H,7H2,(H,16,17). The lowest BCUT2D eigenvalue weighted by Gasteiger charge is -2.19. The molecule has 1 heterocycles. The molecule has 2 aromatic rings. The number of aromatic nitrogens is 1. The van der Waals surface area contributed by atoms with Crippen molar-refractivity contribution in [3.63, 3.8) is 0 Å². The minimum Gasteiger partial charge on any atom is -0.480 e. The molecular weight excluding hydrogens is 272 g/mol. The van der Waals surface area contributed by atoms with Gasteiger partial charge in [0.05, 0.1) is 0 Å². The molecule has 0 radical (unpaired) electrons. The number of amides is 1. The molecule has 2 rings (SSSR count). The third kappa shape index (κ3) is 3.11. The maximum atomic E-state index is 12.2. The van der Waals surface area contributed by atoms with E-state index in [9.17, 15) is 9.59 Å². The maximum Gasteiger partial charge on any atom is 0.323 e. The Labute approximate surface area is 113 Å². The quantitative estimate of drug-likeness (QED) is 0.927. The van der Waals surface area contributed by atoms with Crippen molar-refractivity contribution in [1.82, 2.24) is 5.16 Å². The number of nitrogens with zero attached hydrogens (tertiary/aromatic N) is 2. The van der Waals surface area contributed by atoms with Crippen LogP contribution in [0.4, 0.5) is 5.69 Å².